The molecule has 0 bridgehead atoms. The number of thiol groups is 1. The van der Waals surface area contributed by atoms with E-state index in [2.05, 4.69) is 22.6 Å². The molecule has 2 rings (SSSR count). The number of nitrogens with zero attached hydrogens (tertiary/aromatic N) is 2. The smallest absolute Gasteiger partial charge is 0.227 e. The van der Waals surface area contributed by atoms with Gasteiger partial charge in [-0.05, 0) is 12.1 Å². The van der Waals surface area contributed by atoms with E-state index >= 15 is 0 Å². The monoisotopic (exact) mass is 178 g/mol. The van der Waals surface area contributed by atoms with Crippen LogP contribution in [-0.4, -0.2) is 9.97 Å². The lowest BCUT2D eigenvalue weighted by Gasteiger charge is -1.91. The molecule has 0 unspecified atom stereocenters. The summed E-state index contributed by atoms with van der Waals surface area (Å²) < 4.78 is 5.19. The predicted molar refractivity (Wildman–Crippen MR) is 47.0 cm³/mol. The molecule has 0 aliphatic carbocycles. The van der Waals surface area contributed by atoms with Crippen LogP contribution in [-0.2, 0) is 0 Å². The minimum Gasteiger partial charge on any atom is -0.430 e. The number of pyridine rings is 1. The second-order valence-electron chi connectivity index (χ2n) is 2.24. The summed E-state index contributed by atoms with van der Waals surface area (Å²) in [6.45, 7) is 0. The van der Waals surface area contributed by atoms with Crippen molar-refractivity contribution in [2.75, 3.05) is 0 Å². The fourth-order valence-corrected chi connectivity index (χ4v) is 1.04. The Morgan fingerprint density at radius 3 is 2.58 bits per heavy atom. The van der Waals surface area contributed by atoms with Gasteiger partial charge in [-0.15, -0.1) is 12.6 Å². The average Bonchev–Trinajstić information content (AvgIpc) is 2.54. The molecule has 0 saturated heterocycles. The van der Waals surface area contributed by atoms with Crippen molar-refractivity contribution in [2.24, 2.45) is 0 Å². The van der Waals surface area contributed by atoms with Crippen molar-refractivity contribution in [1.29, 1.82) is 0 Å². The van der Waals surface area contributed by atoms with Crippen LogP contribution >= 0.6 is 12.6 Å². The fourth-order valence-electron chi connectivity index (χ4n) is 0.894. The number of rotatable bonds is 1. The summed E-state index contributed by atoms with van der Waals surface area (Å²) in [5.41, 5.74) is 0.908. The quantitative estimate of drug-likeness (QED) is 0.679. The van der Waals surface area contributed by atoms with Crippen LogP contribution in [0.25, 0.3) is 11.5 Å². The number of aromatic nitrogens is 2. The van der Waals surface area contributed by atoms with Crippen LogP contribution in [0.3, 0.4) is 0 Å². The molecule has 0 fully saturated rings. The molecule has 0 amide bonds. The molecule has 12 heavy (non-hydrogen) atoms. The highest BCUT2D eigenvalue weighted by Gasteiger charge is 2.02. The third kappa shape index (κ3) is 1.33. The molecule has 0 aromatic carbocycles. The molecule has 3 nitrogen and oxygen atoms in total. The van der Waals surface area contributed by atoms with Crippen molar-refractivity contribution in [3.63, 3.8) is 0 Å². The van der Waals surface area contributed by atoms with Gasteiger partial charge in [0, 0.05) is 18.0 Å². The predicted octanol–water partition coefficient (Wildman–Crippen LogP) is 2.03. The molecule has 0 saturated carbocycles. The molecule has 2 heterocycles. The highest BCUT2D eigenvalue weighted by molar-refractivity contribution is 7.80. The van der Waals surface area contributed by atoms with Crippen LogP contribution < -0.4 is 0 Å². The molecule has 0 radical (unpaired) electrons. The summed E-state index contributed by atoms with van der Waals surface area (Å²) in [7, 11) is 0. The number of hydrogen-bond acceptors (Lipinski definition) is 4. The van der Waals surface area contributed by atoms with E-state index < -0.39 is 0 Å². The molecular weight excluding hydrogens is 172 g/mol. The Bertz CT molecular complexity index is 372. The molecule has 4 heteroatoms. The van der Waals surface area contributed by atoms with E-state index in [1.165, 1.54) is 0 Å². The summed E-state index contributed by atoms with van der Waals surface area (Å²) >= 11 is 4.01. The largest absolute Gasteiger partial charge is 0.430 e. The minimum absolute atomic E-state index is 0.516. The zero-order valence-corrected chi connectivity index (χ0v) is 7.03. The van der Waals surface area contributed by atoms with Crippen LogP contribution in [0.2, 0.25) is 0 Å². The Morgan fingerprint density at radius 1 is 1.25 bits per heavy atom. The Labute approximate surface area is 74.9 Å². The van der Waals surface area contributed by atoms with Gasteiger partial charge >= 0.3 is 0 Å². The highest BCUT2D eigenvalue weighted by atomic mass is 32.1. The van der Waals surface area contributed by atoms with Gasteiger partial charge in [0.25, 0.3) is 0 Å². The summed E-state index contributed by atoms with van der Waals surface area (Å²) in [5.74, 6) is 0.572. The van der Waals surface area contributed by atoms with E-state index in [4.69, 9.17) is 4.42 Å². The van der Waals surface area contributed by atoms with Crippen molar-refractivity contribution >= 4 is 12.6 Å². The first kappa shape index (κ1) is 7.36. The molecule has 0 spiro atoms. The molecule has 0 N–H and O–H groups in total. The summed E-state index contributed by atoms with van der Waals surface area (Å²) in [5, 5.41) is 0.516. The zero-order chi connectivity index (χ0) is 8.39. The van der Waals surface area contributed by atoms with Crippen LogP contribution in [0.5, 0.6) is 0 Å². The summed E-state index contributed by atoms with van der Waals surface area (Å²) in [6, 6.07) is 3.66. The van der Waals surface area contributed by atoms with Gasteiger partial charge in [0.05, 0.1) is 6.20 Å². The Hall–Kier alpha value is -1.29. The number of oxazole rings is 1. The minimum atomic E-state index is 0.516. The highest BCUT2D eigenvalue weighted by Crippen LogP contribution is 2.19. The van der Waals surface area contributed by atoms with Crippen LogP contribution in [0.1, 0.15) is 0 Å². The molecule has 2 aromatic heterocycles. The lowest BCUT2D eigenvalue weighted by atomic mass is 10.3. The summed E-state index contributed by atoms with van der Waals surface area (Å²) in [6.07, 6.45) is 4.95. The first-order chi connectivity index (χ1) is 5.86. The van der Waals surface area contributed by atoms with Gasteiger partial charge in [-0.1, -0.05) is 0 Å². The Balaban J connectivity index is 2.45. The van der Waals surface area contributed by atoms with Crippen LogP contribution in [0, 0.1) is 0 Å². The lowest BCUT2D eigenvalue weighted by Crippen LogP contribution is -1.76. The van der Waals surface area contributed by atoms with E-state index in [-0.39, 0.29) is 0 Å². The maximum absolute atomic E-state index is 5.19. The third-order valence-electron chi connectivity index (χ3n) is 1.42. The standard InChI is InChI=1S/C8H6N2OS/c12-7-5-10-8(11-7)6-1-3-9-4-2-6/h1-5,12H. The lowest BCUT2D eigenvalue weighted by molar-refractivity contribution is 0.486. The van der Waals surface area contributed by atoms with Gasteiger partial charge in [-0.2, -0.15) is 0 Å². The average molecular weight is 178 g/mol. The maximum Gasteiger partial charge on any atom is 0.227 e. The zero-order valence-electron chi connectivity index (χ0n) is 6.14. The SMILES string of the molecule is Sc1cnc(-c2ccncc2)o1. The molecular formula is C8H6N2OS. The van der Waals surface area contributed by atoms with Gasteiger partial charge < -0.3 is 4.42 Å². The Morgan fingerprint density at radius 2 is 2.00 bits per heavy atom. The molecule has 0 atom stereocenters. The van der Waals surface area contributed by atoms with Crippen molar-refractivity contribution in [2.45, 2.75) is 5.09 Å². The van der Waals surface area contributed by atoms with Crippen molar-refractivity contribution in [3.05, 3.63) is 30.7 Å². The molecule has 0 aliphatic rings. The van der Waals surface area contributed by atoms with Gasteiger partial charge in [0.1, 0.15) is 0 Å². The third-order valence-corrected chi connectivity index (χ3v) is 1.63. The van der Waals surface area contributed by atoms with Gasteiger partial charge in [-0.3, -0.25) is 4.98 Å². The summed E-state index contributed by atoms with van der Waals surface area (Å²) in [4.78, 5) is 7.90. The van der Waals surface area contributed by atoms with E-state index in [0.717, 1.165) is 5.56 Å². The Kier molecular flexibility index (Phi) is 1.83. The number of hydrogen-bond donors (Lipinski definition) is 1. The van der Waals surface area contributed by atoms with Gasteiger partial charge in [0.15, 0.2) is 5.09 Å². The molecule has 2 aromatic rings. The van der Waals surface area contributed by atoms with E-state index in [1.54, 1.807) is 18.6 Å². The fraction of sp³-hybridized carbons (Fsp3) is 0. The second-order valence-corrected chi connectivity index (χ2v) is 2.68. The van der Waals surface area contributed by atoms with Crippen molar-refractivity contribution in [3.8, 4) is 11.5 Å². The maximum atomic E-state index is 5.19. The molecule has 0 aliphatic heterocycles. The first-order valence-electron chi connectivity index (χ1n) is 3.41. The van der Waals surface area contributed by atoms with Gasteiger partial charge in [-0.25, -0.2) is 4.98 Å². The molecule has 60 valence electrons. The van der Waals surface area contributed by atoms with Crippen molar-refractivity contribution in [1.82, 2.24) is 9.97 Å². The van der Waals surface area contributed by atoms with Gasteiger partial charge in [0.2, 0.25) is 5.89 Å². The van der Waals surface area contributed by atoms with Crippen molar-refractivity contribution < 1.29 is 4.42 Å². The van der Waals surface area contributed by atoms with E-state index in [9.17, 15) is 0 Å². The van der Waals surface area contributed by atoms with Crippen LogP contribution in [0.4, 0.5) is 0 Å². The normalized spacial score (nSPS) is 10.1. The van der Waals surface area contributed by atoms with Crippen LogP contribution in [0.15, 0.2) is 40.2 Å². The second kappa shape index (κ2) is 2.98. The van der Waals surface area contributed by atoms with E-state index in [0.29, 0.717) is 11.0 Å². The van der Waals surface area contributed by atoms with E-state index in [1.807, 2.05) is 12.1 Å². The topological polar surface area (TPSA) is 38.9 Å². The first-order valence-corrected chi connectivity index (χ1v) is 3.86.